The number of esters is 2. The van der Waals surface area contributed by atoms with Crippen LogP contribution >= 0.6 is 0 Å². The van der Waals surface area contributed by atoms with Crippen molar-refractivity contribution in [2.24, 2.45) is 0 Å². The minimum absolute atomic E-state index is 0.0492. The lowest BCUT2D eigenvalue weighted by Gasteiger charge is -2.31. The van der Waals surface area contributed by atoms with Gasteiger partial charge in [-0.25, -0.2) is 4.79 Å². The number of hydrogen-bond donors (Lipinski definition) is 1. The van der Waals surface area contributed by atoms with Gasteiger partial charge in [-0.2, -0.15) is 0 Å². The number of rotatable bonds is 46. The normalized spacial score (nSPS) is 13.5. The topological polar surface area (TPSA) is 99.1 Å². The summed E-state index contributed by atoms with van der Waals surface area (Å²) in [5.41, 5.74) is 0. The molecular weight excluding hydrogens is 799 g/mol. The maximum absolute atomic E-state index is 12.8. The molecule has 0 aliphatic carbocycles. The van der Waals surface area contributed by atoms with Crippen molar-refractivity contribution in [3.8, 4) is 0 Å². The highest BCUT2D eigenvalue weighted by Gasteiger charge is 2.31. The summed E-state index contributed by atoms with van der Waals surface area (Å²) in [5.74, 6) is -1.51. The fourth-order valence-corrected chi connectivity index (χ4v) is 7.39. The highest BCUT2D eigenvalue weighted by molar-refractivity contribution is 5.72. The summed E-state index contributed by atoms with van der Waals surface area (Å²) >= 11 is 0. The lowest BCUT2D eigenvalue weighted by atomic mass is 10.0. The van der Waals surface area contributed by atoms with Crippen LogP contribution in [0.3, 0.4) is 0 Å². The molecule has 8 nitrogen and oxygen atoms in total. The van der Waals surface area contributed by atoms with Gasteiger partial charge in [0.2, 0.25) is 0 Å². The van der Waals surface area contributed by atoms with Gasteiger partial charge in [0.05, 0.1) is 34.4 Å². The molecule has 0 radical (unpaired) electrons. The van der Waals surface area contributed by atoms with Crippen LogP contribution in [0.5, 0.6) is 0 Å². The molecule has 0 aromatic rings. The number of carboxylic acids is 1. The molecule has 2 unspecified atom stereocenters. The fourth-order valence-electron chi connectivity index (χ4n) is 7.39. The van der Waals surface area contributed by atoms with Gasteiger partial charge in [0, 0.05) is 19.3 Å². The van der Waals surface area contributed by atoms with Crippen molar-refractivity contribution in [2.75, 3.05) is 41.0 Å². The van der Waals surface area contributed by atoms with E-state index in [9.17, 15) is 19.5 Å². The first-order chi connectivity index (χ1) is 31.1. The predicted octanol–water partition coefficient (Wildman–Crippen LogP) is 15.1. The van der Waals surface area contributed by atoms with Crippen molar-refractivity contribution < 1.29 is 38.2 Å². The van der Waals surface area contributed by atoms with E-state index in [2.05, 4.69) is 86.8 Å². The van der Waals surface area contributed by atoms with Crippen LogP contribution in [0.4, 0.5) is 0 Å². The van der Waals surface area contributed by atoms with E-state index < -0.39 is 18.1 Å². The Bertz CT molecular complexity index is 1270. The molecule has 0 amide bonds. The Labute approximate surface area is 393 Å². The van der Waals surface area contributed by atoms with Crippen molar-refractivity contribution in [1.29, 1.82) is 0 Å². The summed E-state index contributed by atoms with van der Waals surface area (Å²) in [5, 5.41) is 9.66. The van der Waals surface area contributed by atoms with Gasteiger partial charge in [0.1, 0.15) is 6.61 Å². The minimum atomic E-state index is -0.880. The number of ether oxygens (including phenoxy) is 3. The van der Waals surface area contributed by atoms with Crippen LogP contribution in [-0.2, 0) is 28.6 Å². The van der Waals surface area contributed by atoms with Crippen LogP contribution < -0.4 is 0 Å². The summed E-state index contributed by atoms with van der Waals surface area (Å²) in [6, 6.07) is -0.622. The molecule has 0 aromatic carbocycles. The number of carbonyl (C=O) groups excluding carboxylic acids is 2. The largest absolute Gasteiger partial charge is 0.477 e. The molecule has 8 heteroatoms. The van der Waals surface area contributed by atoms with Crippen LogP contribution in [0, 0.1) is 0 Å². The van der Waals surface area contributed by atoms with E-state index in [0.717, 1.165) is 83.5 Å². The maximum Gasteiger partial charge on any atom is 0.362 e. The first-order valence-electron chi connectivity index (χ1n) is 26.0. The Balaban J connectivity index is 4.31. The molecule has 1 N–H and O–H groups in total. The van der Waals surface area contributed by atoms with E-state index in [-0.39, 0.29) is 36.2 Å². The van der Waals surface area contributed by atoms with E-state index in [1.807, 2.05) is 21.1 Å². The zero-order valence-corrected chi connectivity index (χ0v) is 42.0. The molecule has 368 valence electrons. The molecule has 0 heterocycles. The number of carbonyl (C=O) groups is 3. The molecule has 0 rings (SSSR count). The van der Waals surface area contributed by atoms with E-state index in [0.29, 0.717) is 19.3 Å². The average Bonchev–Trinajstić information content (AvgIpc) is 3.26. The second-order valence-corrected chi connectivity index (χ2v) is 18.4. The number of aliphatic carboxylic acids is 1. The zero-order valence-electron chi connectivity index (χ0n) is 42.0. The van der Waals surface area contributed by atoms with Crippen LogP contribution in [0.1, 0.15) is 213 Å². The number of unbranched alkanes of at least 4 members (excludes halogenated alkanes) is 20. The number of hydrogen-bond acceptors (Lipinski definition) is 6. The lowest BCUT2D eigenvalue weighted by Crippen LogP contribution is -2.50. The molecule has 0 aromatic heterocycles. The molecular formula is C56H98NO7+. The first-order valence-corrected chi connectivity index (χ1v) is 26.0. The van der Waals surface area contributed by atoms with E-state index in [1.54, 1.807) is 0 Å². The van der Waals surface area contributed by atoms with E-state index in [1.165, 1.54) is 96.3 Å². The zero-order chi connectivity index (χ0) is 47.0. The SMILES string of the molecule is CC/C=C/C/C=C/C/C=C/C/C=C/C/C=C/C/C=C/CCCCCC(=O)OCC(COCCC(C(=O)O)[N+](C)(C)C)OC(=O)CCCCCCCCCCCCCCCCCCCC. The molecule has 2 atom stereocenters. The van der Waals surface area contributed by atoms with E-state index >= 15 is 0 Å². The van der Waals surface area contributed by atoms with Crippen molar-refractivity contribution in [3.05, 3.63) is 72.9 Å². The van der Waals surface area contributed by atoms with Crippen molar-refractivity contribution in [3.63, 3.8) is 0 Å². The lowest BCUT2D eigenvalue weighted by molar-refractivity contribution is -0.887. The summed E-state index contributed by atoms with van der Waals surface area (Å²) < 4.78 is 17.3. The highest BCUT2D eigenvalue weighted by Crippen LogP contribution is 2.16. The van der Waals surface area contributed by atoms with Gasteiger partial charge in [-0.3, -0.25) is 9.59 Å². The van der Waals surface area contributed by atoms with Gasteiger partial charge in [-0.05, 0) is 64.2 Å². The Morgan fingerprint density at radius 1 is 0.484 bits per heavy atom. The second kappa shape index (κ2) is 46.3. The molecule has 0 spiro atoms. The maximum atomic E-state index is 12.8. The number of carboxylic acid groups (broad SMARTS) is 1. The first kappa shape index (κ1) is 60.8. The van der Waals surface area contributed by atoms with Gasteiger partial charge in [-0.15, -0.1) is 0 Å². The summed E-state index contributed by atoms with van der Waals surface area (Å²) in [7, 11) is 5.52. The average molecular weight is 897 g/mol. The molecule has 0 saturated heterocycles. The van der Waals surface area contributed by atoms with Gasteiger partial charge in [0.15, 0.2) is 12.1 Å². The summed E-state index contributed by atoms with van der Waals surface area (Å²) in [6.07, 6.45) is 59.5. The van der Waals surface area contributed by atoms with Gasteiger partial charge in [-0.1, -0.05) is 202 Å². The van der Waals surface area contributed by atoms with Crippen LogP contribution in [0.15, 0.2) is 72.9 Å². The van der Waals surface area contributed by atoms with Crippen LogP contribution in [-0.4, -0.2) is 80.6 Å². The molecule has 64 heavy (non-hydrogen) atoms. The molecule has 0 aliphatic heterocycles. The third-order valence-corrected chi connectivity index (χ3v) is 11.4. The summed E-state index contributed by atoms with van der Waals surface area (Å²) in [4.78, 5) is 37.2. The van der Waals surface area contributed by atoms with Gasteiger partial charge >= 0.3 is 17.9 Å². The van der Waals surface area contributed by atoms with Crippen molar-refractivity contribution >= 4 is 17.9 Å². The highest BCUT2D eigenvalue weighted by atomic mass is 16.6. The Kier molecular flexibility index (Phi) is 44.0. The molecule has 0 bridgehead atoms. The standard InChI is InChI=1S/C56H97NO7/c1-6-8-10-12-14-16-18-20-22-24-26-27-28-29-31-32-34-36-38-40-42-44-46-54(58)63-51-52(50-62-49-48-53(56(60)61)57(3,4)5)64-55(59)47-45-43-41-39-37-35-33-30-25-23-21-19-17-15-13-11-9-7-2/h8,10,14,16,20,22,26-27,29,31,34,36,52-53H,6-7,9,11-13,15,17-19,21,23-25,28,30,32-33,35,37-51H2,1-5H3/p+1/b10-8+,16-14+,22-20+,27-26+,31-29+,36-34+. The third-order valence-electron chi connectivity index (χ3n) is 11.4. The summed E-state index contributed by atoms with van der Waals surface area (Å²) in [6.45, 7) is 4.61. The smallest absolute Gasteiger partial charge is 0.362 e. The quantitative estimate of drug-likeness (QED) is 0.0281. The molecule has 0 saturated carbocycles. The molecule has 0 aliphatic rings. The van der Waals surface area contributed by atoms with Crippen molar-refractivity contribution in [1.82, 2.24) is 0 Å². The van der Waals surface area contributed by atoms with Gasteiger partial charge < -0.3 is 23.8 Å². The number of quaternary nitrogens is 1. The number of allylic oxidation sites excluding steroid dienone is 12. The minimum Gasteiger partial charge on any atom is -0.477 e. The monoisotopic (exact) mass is 897 g/mol. The third kappa shape index (κ3) is 44.0. The Morgan fingerprint density at radius 3 is 1.30 bits per heavy atom. The number of nitrogens with zero attached hydrogens (tertiary/aromatic N) is 1. The Hall–Kier alpha value is -3.23. The molecule has 0 fully saturated rings. The van der Waals surface area contributed by atoms with Crippen LogP contribution in [0.25, 0.3) is 0 Å². The van der Waals surface area contributed by atoms with Crippen LogP contribution in [0.2, 0.25) is 0 Å². The second-order valence-electron chi connectivity index (χ2n) is 18.4. The van der Waals surface area contributed by atoms with Crippen molar-refractivity contribution in [2.45, 2.75) is 225 Å². The van der Waals surface area contributed by atoms with Gasteiger partial charge in [0.25, 0.3) is 0 Å². The Morgan fingerprint density at radius 2 is 0.875 bits per heavy atom. The van der Waals surface area contributed by atoms with E-state index in [4.69, 9.17) is 14.2 Å². The number of likely N-dealkylation sites (N-methyl/N-ethyl adjacent to an activating group) is 1. The predicted molar refractivity (Wildman–Crippen MR) is 270 cm³/mol. The fraction of sp³-hybridized carbons (Fsp3) is 0.732.